The molecule has 2 aromatic carbocycles. The summed E-state index contributed by atoms with van der Waals surface area (Å²) >= 11 is 0. The first-order valence-electron chi connectivity index (χ1n) is 8.80. The van der Waals surface area contributed by atoms with E-state index < -0.39 is 11.7 Å². The van der Waals surface area contributed by atoms with Crippen LogP contribution >= 0.6 is 0 Å². The minimum Gasteiger partial charge on any atom is -0.379 e. The number of hydrogen-bond donors (Lipinski definition) is 1. The van der Waals surface area contributed by atoms with E-state index in [2.05, 4.69) is 10.2 Å². The Balaban J connectivity index is 1.48. The number of rotatable bonds is 6. The summed E-state index contributed by atoms with van der Waals surface area (Å²) in [6.07, 6.45) is -4.30. The summed E-state index contributed by atoms with van der Waals surface area (Å²) in [5, 5.41) is 3.42. The first-order chi connectivity index (χ1) is 12.5. The Morgan fingerprint density at radius 2 is 1.46 bits per heavy atom. The number of benzene rings is 2. The van der Waals surface area contributed by atoms with Gasteiger partial charge in [0.25, 0.3) is 0 Å². The molecule has 1 heterocycles. The Hall–Kier alpha value is -1.89. The van der Waals surface area contributed by atoms with Crippen molar-refractivity contribution in [3.63, 3.8) is 0 Å². The van der Waals surface area contributed by atoms with Crippen molar-refractivity contribution in [3.05, 3.63) is 59.7 Å². The van der Waals surface area contributed by atoms with Gasteiger partial charge >= 0.3 is 6.18 Å². The van der Waals surface area contributed by atoms with Crippen LogP contribution in [0.5, 0.6) is 0 Å². The van der Waals surface area contributed by atoms with Crippen molar-refractivity contribution in [1.82, 2.24) is 10.2 Å². The van der Waals surface area contributed by atoms with E-state index in [4.69, 9.17) is 4.74 Å². The van der Waals surface area contributed by atoms with E-state index in [-0.39, 0.29) is 0 Å². The van der Waals surface area contributed by atoms with Crippen LogP contribution in [-0.2, 0) is 17.5 Å². The van der Waals surface area contributed by atoms with Gasteiger partial charge < -0.3 is 10.1 Å². The van der Waals surface area contributed by atoms with E-state index >= 15 is 0 Å². The van der Waals surface area contributed by atoms with E-state index in [1.54, 1.807) is 0 Å². The van der Waals surface area contributed by atoms with Crippen LogP contribution in [0.1, 0.15) is 11.1 Å². The van der Waals surface area contributed by atoms with E-state index in [0.29, 0.717) is 0 Å². The number of nitrogens with one attached hydrogen (secondary N) is 1. The van der Waals surface area contributed by atoms with Gasteiger partial charge in [-0.1, -0.05) is 36.4 Å². The van der Waals surface area contributed by atoms with Gasteiger partial charge in [-0.15, -0.1) is 0 Å². The summed E-state index contributed by atoms with van der Waals surface area (Å²) in [5.74, 6) is 0. The topological polar surface area (TPSA) is 24.5 Å². The molecule has 0 aliphatic carbocycles. The van der Waals surface area contributed by atoms with Gasteiger partial charge in [0.15, 0.2) is 0 Å². The molecule has 0 unspecified atom stereocenters. The molecule has 3 rings (SSSR count). The van der Waals surface area contributed by atoms with Gasteiger partial charge in [0.2, 0.25) is 0 Å². The number of alkyl halides is 3. The fourth-order valence-electron chi connectivity index (χ4n) is 2.96. The zero-order chi connectivity index (χ0) is 18.4. The van der Waals surface area contributed by atoms with Gasteiger partial charge in [0, 0.05) is 32.7 Å². The van der Waals surface area contributed by atoms with E-state index in [1.165, 1.54) is 12.1 Å². The Bertz CT molecular complexity index is 678. The summed E-state index contributed by atoms with van der Waals surface area (Å²) in [4.78, 5) is 2.38. The maximum atomic E-state index is 12.6. The Morgan fingerprint density at radius 3 is 2.04 bits per heavy atom. The second-order valence-electron chi connectivity index (χ2n) is 6.40. The lowest BCUT2D eigenvalue weighted by atomic mass is 10.0. The fourth-order valence-corrected chi connectivity index (χ4v) is 2.96. The van der Waals surface area contributed by atoms with Crippen molar-refractivity contribution in [3.8, 4) is 11.1 Å². The highest BCUT2D eigenvalue weighted by Crippen LogP contribution is 2.31. The van der Waals surface area contributed by atoms with Crippen LogP contribution in [0.25, 0.3) is 11.1 Å². The van der Waals surface area contributed by atoms with Crippen molar-refractivity contribution in [1.29, 1.82) is 0 Å². The molecule has 0 amide bonds. The second-order valence-corrected chi connectivity index (χ2v) is 6.40. The predicted octanol–water partition coefficient (Wildman–Crippen LogP) is 3.79. The highest BCUT2D eigenvalue weighted by Gasteiger charge is 2.29. The lowest BCUT2D eigenvalue weighted by Crippen LogP contribution is -2.40. The third kappa shape index (κ3) is 5.30. The lowest BCUT2D eigenvalue weighted by Gasteiger charge is -2.26. The monoisotopic (exact) mass is 364 g/mol. The van der Waals surface area contributed by atoms with Crippen LogP contribution in [0.4, 0.5) is 13.2 Å². The molecule has 0 aromatic heterocycles. The molecule has 0 radical (unpaired) electrons. The molecule has 0 spiro atoms. The number of morpholine rings is 1. The van der Waals surface area contributed by atoms with E-state index in [1.807, 2.05) is 24.3 Å². The number of halogens is 3. The fraction of sp³-hybridized carbons (Fsp3) is 0.400. The van der Waals surface area contributed by atoms with Gasteiger partial charge in [0.1, 0.15) is 0 Å². The molecule has 0 saturated carbocycles. The van der Waals surface area contributed by atoms with Crippen molar-refractivity contribution < 1.29 is 17.9 Å². The second kappa shape index (κ2) is 8.66. The van der Waals surface area contributed by atoms with Crippen LogP contribution in [-0.4, -0.2) is 44.3 Å². The maximum absolute atomic E-state index is 12.6. The molecule has 1 saturated heterocycles. The van der Waals surface area contributed by atoms with Crippen LogP contribution in [0, 0.1) is 0 Å². The van der Waals surface area contributed by atoms with Crippen LogP contribution < -0.4 is 5.32 Å². The maximum Gasteiger partial charge on any atom is 0.416 e. The Labute approximate surface area is 151 Å². The van der Waals surface area contributed by atoms with Gasteiger partial charge in [-0.05, 0) is 28.8 Å². The molecule has 1 aliphatic rings. The quantitative estimate of drug-likeness (QED) is 0.790. The SMILES string of the molecule is FC(F)(F)c1ccc(-c2ccc(CNCCN3CCOCC3)cc2)cc1. The van der Waals surface area contributed by atoms with Crippen molar-refractivity contribution >= 4 is 0 Å². The van der Waals surface area contributed by atoms with Crippen molar-refractivity contribution in [2.45, 2.75) is 12.7 Å². The summed E-state index contributed by atoms with van der Waals surface area (Å²) in [6, 6.07) is 13.2. The van der Waals surface area contributed by atoms with Gasteiger partial charge in [-0.3, -0.25) is 4.90 Å². The minimum atomic E-state index is -4.30. The van der Waals surface area contributed by atoms with Crippen LogP contribution in [0.15, 0.2) is 48.5 Å². The van der Waals surface area contributed by atoms with Crippen molar-refractivity contribution in [2.24, 2.45) is 0 Å². The van der Waals surface area contributed by atoms with Crippen molar-refractivity contribution in [2.75, 3.05) is 39.4 Å². The normalized spacial score (nSPS) is 16.0. The molecule has 140 valence electrons. The number of hydrogen-bond acceptors (Lipinski definition) is 3. The molecular weight excluding hydrogens is 341 g/mol. The lowest BCUT2D eigenvalue weighted by molar-refractivity contribution is -0.137. The molecule has 1 fully saturated rings. The zero-order valence-corrected chi connectivity index (χ0v) is 14.6. The molecule has 0 atom stereocenters. The van der Waals surface area contributed by atoms with Crippen LogP contribution in [0.3, 0.4) is 0 Å². The third-order valence-electron chi connectivity index (χ3n) is 4.54. The standard InChI is InChI=1S/C20H23F3N2O/c21-20(22,23)19-7-5-18(6-8-19)17-3-1-16(2-4-17)15-24-9-10-25-11-13-26-14-12-25/h1-8,24H,9-15H2. The summed E-state index contributed by atoms with van der Waals surface area (Å²) in [5.41, 5.74) is 2.23. The molecule has 3 nitrogen and oxygen atoms in total. The highest BCUT2D eigenvalue weighted by molar-refractivity contribution is 5.64. The zero-order valence-electron chi connectivity index (χ0n) is 14.6. The average Bonchev–Trinajstić information content (AvgIpc) is 2.66. The van der Waals surface area contributed by atoms with Gasteiger partial charge in [0.05, 0.1) is 18.8 Å². The molecule has 2 aromatic rings. The minimum absolute atomic E-state index is 0.623. The van der Waals surface area contributed by atoms with E-state index in [9.17, 15) is 13.2 Å². The molecule has 0 bridgehead atoms. The number of ether oxygens (including phenoxy) is 1. The molecule has 6 heteroatoms. The molecule has 1 N–H and O–H groups in total. The summed E-state index contributed by atoms with van der Waals surface area (Å²) in [7, 11) is 0. The predicted molar refractivity (Wildman–Crippen MR) is 95.8 cm³/mol. The van der Waals surface area contributed by atoms with Gasteiger partial charge in [-0.2, -0.15) is 13.2 Å². The highest BCUT2D eigenvalue weighted by atomic mass is 19.4. The number of nitrogens with zero attached hydrogens (tertiary/aromatic N) is 1. The largest absolute Gasteiger partial charge is 0.416 e. The Kier molecular flexibility index (Phi) is 6.29. The molecular formula is C20H23F3N2O. The summed E-state index contributed by atoms with van der Waals surface area (Å²) < 4.78 is 43.2. The third-order valence-corrected chi connectivity index (χ3v) is 4.54. The molecule has 1 aliphatic heterocycles. The first kappa shape index (κ1) is 18.9. The molecule has 26 heavy (non-hydrogen) atoms. The summed E-state index contributed by atoms with van der Waals surface area (Å²) in [6.45, 7) is 6.30. The Morgan fingerprint density at radius 1 is 0.885 bits per heavy atom. The first-order valence-corrected chi connectivity index (χ1v) is 8.80. The van der Waals surface area contributed by atoms with Crippen LogP contribution in [0.2, 0.25) is 0 Å². The van der Waals surface area contributed by atoms with E-state index in [0.717, 1.165) is 74.8 Å². The van der Waals surface area contributed by atoms with Gasteiger partial charge in [-0.25, -0.2) is 0 Å². The smallest absolute Gasteiger partial charge is 0.379 e. The average molecular weight is 364 g/mol.